The first kappa shape index (κ1) is 19.0. The van der Waals surface area contributed by atoms with Gasteiger partial charge in [0.05, 0.1) is 14.2 Å². The van der Waals surface area contributed by atoms with Crippen LogP contribution in [0.3, 0.4) is 0 Å². The fourth-order valence-electron chi connectivity index (χ4n) is 3.57. The summed E-state index contributed by atoms with van der Waals surface area (Å²) < 4.78 is 15.9. The maximum absolute atomic E-state index is 12.7. The standard InChI is InChI=1S/C22H23N3O4/c1-27-18-11-16(12-19(13-18)28-2)21(26)23-17-9-5-8-15(10-17)20-24-22(29-25-20)14-6-3-4-7-14/h5,8-14H,3-4,6-7H2,1-2H3,(H,23,26). The van der Waals surface area contributed by atoms with E-state index >= 15 is 0 Å². The number of amides is 1. The molecule has 0 radical (unpaired) electrons. The Labute approximate surface area is 169 Å². The summed E-state index contributed by atoms with van der Waals surface area (Å²) in [6, 6.07) is 12.4. The molecule has 0 atom stereocenters. The molecular weight excluding hydrogens is 370 g/mol. The highest BCUT2D eigenvalue weighted by atomic mass is 16.5. The quantitative estimate of drug-likeness (QED) is 0.655. The summed E-state index contributed by atoms with van der Waals surface area (Å²) in [5, 5.41) is 7.02. The molecule has 1 saturated carbocycles. The Morgan fingerprint density at radius 3 is 2.48 bits per heavy atom. The van der Waals surface area contributed by atoms with Gasteiger partial charge in [-0.1, -0.05) is 30.1 Å². The number of aromatic nitrogens is 2. The Kier molecular flexibility index (Phi) is 5.46. The molecule has 7 nitrogen and oxygen atoms in total. The highest BCUT2D eigenvalue weighted by molar-refractivity contribution is 6.05. The van der Waals surface area contributed by atoms with Gasteiger partial charge in [0, 0.05) is 28.8 Å². The molecule has 2 aromatic carbocycles. The molecule has 0 saturated heterocycles. The number of carbonyl (C=O) groups is 1. The Bertz CT molecular complexity index is 987. The first-order chi connectivity index (χ1) is 14.2. The fraction of sp³-hybridized carbons (Fsp3) is 0.318. The van der Waals surface area contributed by atoms with E-state index in [0.717, 1.165) is 18.4 Å². The van der Waals surface area contributed by atoms with Crippen LogP contribution in [0.15, 0.2) is 47.0 Å². The van der Waals surface area contributed by atoms with Crippen molar-refractivity contribution in [1.29, 1.82) is 0 Å². The molecule has 1 amide bonds. The van der Waals surface area contributed by atoms with Gasteiger partial charge >= 0.3 is 0 Å². The predicted molar refractivity (Wildman–Crippen MR) is 108 cm³/mol. The molecule has 1 heterocycles. The van der Waals surface area contributed by atoms with Crippen LogP contribution in [-0.4, -0.2) is 30.3 Å². The summed E-state index contributed by atoms with van der Waals surface area (Å²) >= 11 is 0. The molecule has 150 valence electrons. The number of methoxy groups -OCH3 is 2. The predicted octanol–water partition coefficient (Wildman–Crippen LogP) is 4.66. The highest BCUT2D eigenvalue weighted by Crippen LogP contribution is 2.34. The van der Waals surface area contributed by atoms with Crippen LogP contribution >= 0.6 is 0 Å². The lowest BCUT2D eigenvalue weighted by molar-refractivity contribution is 0.102. The number of ether oxygens (including phenoxy) is 2. The van der Waals surface area contributed by atoms with Gasteiger partial charge in [-0.25, -0.2) is 0 Å². The first-order valence-electron chi connectivity index (χ1n) is 9.64. The molecule has 0 unspecified atom stereocenters. The van der Waals surface area contributed by atoms with Gasteiger partial charge in [-0.05, 0) is 37.1 Å². The number of carbonyl (C=O) groups excluding carboxylic acids is 1. The maximum Gasteiger partial charge on any atom is 0.255 e. The third-order valence-electron chi connectivity index (χ3n) is 5.14. The lowest BCUT2D eigenvalue weighted by atomic mass is 10.1. The van der Waals surface area contributed by atoms with Crippen molar-refractivity contribution in [3.63, 3.8) is 0 Å². The van der Waals surface area contributed by atoms with Crippen LogP contribution < -0.4 is 14.8 Å². The lowest BCUT2D eigenvalue weighted by Crippen LogP contribution is -2.12. The second kappa shape index (κ2) is 8.34. The van der Waals surface area contributed by atoms with Gasteiger partial charge in [0.1, 0.15) is 11.5 Å². The first-order valence-corrected chi connectivity index (χ1v) is 9.64. The minimum absolute atomic E-state index is 0.265. The monoisotopic (exact) mass is 393 g/mol. The SMILES string of the molecule is COc1cc(OC)cc(C(=O)Nc2cccc(-c3noc(C4CCCC4)n3)c2)c1. The van der Waals surface area contributed by atoms with E-state index in [9.17, 15) is 4.79 Å². The molecule has 3 aromatic rings. The molecule has 1 aliphatic carbocycles. The molecular formula is C22H23N3O4. The van der Waals surface area contributed by atoms with Crippen molar-refractivity contribution in [2.45, 2.75) is 31.6 Å². The normalized spacial score (nSPS) is 14.0. The second-order valence-corrected chi connectivity index (χ2v) is 7.07. The van der Waals surface area contributed by atoms with E-state index < -0.39 is 0 Å². The van der Waals surface area contributed by atoms with Crippen LogP contribution in [0, 0.1) is 0 Å². The number of anilines is 1. The Morgan fingerprint density at radius 1 is 1.07 bits per heavy atom. The zero-order valence-electron chi connectivity index (χ0n) is 16.5. The smallest absolute Gasteiger partial charge is 0.255 e. The summed E-state index contributed by atoms with van der Waals surface area (Å²) in [5.74, 6) is 2.44. The fourth-order valence-corrected chi connectivity index (χ4v) is 3.57. The summed E-state index contributed by atoms with van der Waals surface area (Å²) in [7, 11) is 3.09. The Morgan fingerprint density at radius 2 is 1.79 bits per heavy atom. The van der Waals surface area contributed by atoms with Crippen LogP contribution in [0.25, 0.3) is 11.4 Å². The van der Waals surface area contributed by atoms with E-state index in [4.69, 9.17) is 14.0 Å². The largest absolute Gasteiger partial charge is 0.497 e. The van der Waals surface area contributed by atoms with Crippen LogP contribution in [0.4, 0.5) is 5.69 Å². The molecule has 0 spiro atoms. The summed E-state index contributed by atoms with van der Waals surface area (Å²) in [6.07, 6.45) is 4.61. The molecule has 0 aliphatic heterocycles. The molecule has 1 N–H and O–H groups in total. The van der Waals surface area contributed by atoms with Gasteiger partial charge in [-0.3, -0.25) is 4.79 Å². The van der Waals surface area contributed by atoms with Gasteiger partial charge in [0.2, 0.25) is 11.7 Å². The van der Waals surface area contributed by atoms with Gasteiger partial charge in [0.15, 0.2) is 0 Å². The molecule has 0 bridgehead atoms. The van der Waals surface area contributed by atoms with Crippen molar-refractivity contribution in [1.82, 2.24) is 10.1 Å². The lowest BCUT2D eigenvalue weighted by Gasteiger charge is -2.09. The summed E-state index contributed by atoms with van der Waals surface area (Å²) in [4.78, 5) is 17.3. The average Bonchev–Trinajstić information content (AvgIpc) is 3.45. The zero-order chi connectivity index (χ0) is 20.2. The van der Waals surface area contributed by atoms with E-state index in [-0.39, 0.29) is 5.91 Å². The van der Waals surface area contributed by atoms with E-state index in [1.54, 1.807) is 32.4 Å². The zero-order valence-corrected chi connectivity index (χ0v) is 16.5. The molecule has 1 aliphatic rings. The van der Waals surface area contributed by atoms with Gasteiger partial charge < -0.3 is 19.3 Å². The Hall–Kier alpha value is -3.35. The molecule has 29 heavy (non-hydrogen) atoms. The van der Waals surface area contributed by atoms with Gasteiger partial charge in [-0.2, -0.15) is 4.98 Å². The van der Waals surface area contributed by atoms with E-state index in [1.807, 2.05) is 24.3 Å². The van der Waals surface area contributed by atoms with Crippen molar-refractivity contribution in [2.75, 3.05) is 19.5 Å². The molecule has 7 heteroatoms. The molecule has 4 rings (SSSR count). The number of hydrogen-bond acceptors (Lipinski definition) is 6. The third-order valence-corrected chi connectivity index (χ3v) is 5.14. The minimum atomic E-state index is -0.265. The average molecular weight is 393 g/mol. The van der Waals surface area contributed by atoms with Crippen molar-refractivity contribution in [3.8, 4) is 22.9 Å². The summed E-state index contributed by atoms with van der Waals surface area (Å²) in [5.41, 5.74) is 1.87. The third kappa shape index (κ3) is 4.23. The van der Waals surface area contributed by atoms with Gasteiger partial charge in [-0.15, -0.1) is 0 Å². The topological polar surface area (TPSA) is 86.5 Å². The number of hydrogen-bond donors (Lipinski definition) is 1. The van der Waals surface area contributed by atoms with Crippen molar-refractivity contribution >= 4 is 11.6 Å². The van der Waals surface area contributed by atoms with Crippen LogP contribution in [0.5, 0.6) is 11.5 Å². The van der Waals surface area contributed by atoms with Crippen LogP contribution in [0.2, 0.25) is 0 Å². The summed E-state index contributed by atoms with van der Waals surface area (Å²) in [6.45, 7) is 0. The van der Waals surface area contributed by atoms with Gasteiger partial charge in [0.25, 0.3) is 5.91 Å². The molecule has 1 aromatic heterocycles. The van der Waals surface area contributed by atoms with Crippen molar-refractivity contribution in [2.24, 2.45) is 0 Å². The number of benzene rings is 2. The minimum Gasteiger partial charge on any atom is -0.497 e. The number of nitrogens with one attached hydrogen (secondary N) is 1. The molecule has 1 fully saturated rings. The Balaban J connectivity index is 1.53. The maximum atomic E-state index is 12.7. The van der Waals surface area contributed by atoms with Crippen LogP contribution in [-0.2, 0) is 0 Å². The van der Waals surface area contributed by atoms with Crippen molar-refractivity contribution in [3.05, 3.63) is 53.9 Å². The highest BCUT2D eigenvalue weighted by Gasteiger charge is 2.23. The van der Waals surface area contributed by atoms with E-state index in [1.165, 1.54) is 12.8 Å². The van der Waals surface area contributed by atoms with E-state index in [2.05, 4.69) is 15.5 Å². The second-order valence-electron chi connectivity index (χ2n) is 7.07. The number of rotatable bonds is 6. The van der Waals surface area contributed by atoms with Crippen LogP contribution in [0.1, 0.15) is 47.8 Å². The van der Waals surface area contributed by atoms with Crippen molar-refractivity contribution < 1.29 is 18.8 Å². The number of nitrogens with zero attached hydrogens (tertiary/aromatic N) is 2. The van der Waals surface area contributed by atoms with E-state index in [0.29, 0.717) is 40.4 Å².